The van der Waals surface area contributed by atoms with Gasteiger partial charge in [-0.05, 0) is 53.3 Å². The van der Waals surface area contributed by atoms with Crippen LogP contribution in [0.1, 0.15) is 17.5 Å². The van der Waals surface area contributed by atoms with Gasteiger partial charge >= 0.3 is 0 Å². The van der Waals surface area contributed by atoms with Gasteiger partial charge in [0.25, 0.3) is 0 Å². The zero-order valence-electron chi connectivity index (χ0n) is 24.3. The molecule has 0 N–H and O–H groups in total. The number of hydrogen-bond donors (Lipinski definition) is 0. The van der Waals surface area contributed by atoms with Crippen LogP contribution in [0, 0.1) is 0 Å². The van der Waals surface area contributed by atoms with Crippen LogP contribution in [-0.4, -0.2) is 19.9 Å². The van der Waals surface area contributed by atoms with Crippen molar-refractivity contribution in [2.24, 2.45) is 0 Å². The van der Waals surface area contributed by atoms with Crippen LogP contribution in [-0.2, 0) is 6.42 Å². The number of para-hydroxylation sites is 1. The monoisotopic (exact) mass is 578 g/mol. The highest BCUT2D eigenvalue weighted by Crippen LogP contribution is 2.37. The summed E-state index contributed by atoms with van der Waals surface area (Å²) >= 11 is 0. The Bertz CT molecular complexity index is 2420. The summed E-state index contributed by atoms with van der Waals surface area (Å²) in [5, 5.41) is 2.94. The van der Waals surface area contributed by atoms with Gasteiger partial charge in [0, 0.05) is 32.8 Å². The molecule has 1 aliphatic rings. The Morgan fingerprint density at radius 2 is 1.27 bits per heavy atom. The van der Waals surface area contributed by atoms with Crippen molar-refractivity contribution in [3.63, 3.8) is 0 Å². The molecular weight excluding hydrogens is 552 g/mol. The van der Waals surface area contributed by atoms with Gasteiger partial charge in [-0.3, -0.25) is 0 Å². The van der Waals surface area contributed by atoms with Gasteiger partial charge in [0.15, 0.2) is 17.5 Å². The Morgan fingerprint density at radius 1 is 0.556 bits per heavy atom. The zero-order chi connectivity index (χ0) is 29.7. The molecule has 0 unspecified atom stereocenters. The zero-order valence-corrected chi connectivity index (χ0v) is 24.3. The van der Waals surface area contributed by atoms with E-state index in [1.807, 2.05) is 60.7 Å². The van der Waals surface area contributed by atoms with Gasteiger partial charge in [0.1, 0.15) is 5.58 Å². The number of aryl methyl sites for hydroxylation is 1. The van der Waals surface area contributed by atoms with Gasteiger partial charge in [-0.25, -0.2) is 19.9 Å². The predicted octanol–water partition coefficient (Wildman–Crippen LogP) is 9.95. The summed E-state index contributed by atoms with van der Waals surface area (Å²) in [6.07, 6.45) is 6.69. The number of benzene rings is 5. The van der Waals surface area contributed by atoms with E-state index >= 15 is 0 Å². The van der Waals surface area contributed by atoms with Crippen molar-refractivity contribution in [1.29, 1.82) is 0 Å². The van der Waals surface area contributed by atoms with Crippen LogP contribution in [0.15, 0.2) is 132 Å². The van der Waals surface area contributed by atoms with E-state index < -0.39 is 0 Å². The fraction of sp³-hybridized carbons (Fsp3) is 0.0500. The molecule has 3 aromatic heterocycles. The number of nitrogens with zero attached hydrogens (tertiary/aromatic N) is 4. The normalized spacial score (nSPS) is 12.6. The summed E-state index contributed by atoms with van der Waals surface area (Å²) in [6.45, 7) is 0. The van der Waals surface area contributed by atoms with Gasteiger partial charge in [0.05, 0.1) is 5.52 Å². The van der Waals surface area contributed by atoms with Crippen LogP contribution >= 0.6 is 0 Å². The van der Waals surface area contributed by atoms with Crippen molar-refractivity contribution in [2.75, 3.05) is 0 Å². The van der Waals surface area contributed by atoms with E-state index in [9.17, 15) is 0 Å². The molecule has 0 aliphatic heterocycles. The number of furan rings is 1. The fourth-order valence-corrected chi connectivity index (χ4v) is 6.40. The minimum absolute atomic E-state index is 0.589. The minimum Gasteiger partial charge on any atom is -0.438 e. The Hall–Kier alpha value is -5.94. The SMILES string of the molecule is C1=Cc2c(cccc2-c2ccc(-c3nc(-c4ccccc4)nc(-c4cccc5oc6nc7ccccc7cc6c45)n3)cc2)CC1. The lowest BCUT2D eigenvalue weighted by Gasteiger charge is -2.15. The van der Waals surface area contributed by atoms with E-state index in [0.717, 1.165) is 56.8 Å². The highest BCUT2D eigenvalue weighted by molar-refractivity contribution is 6.13. The number of pyridine rings is 1. The second-order valence-corrected chi connectivity index (χ2v) is 11.4. The van der Waals surface area contributed by atoms with E-state index in [-0.39, 0.29) is 0 Å². The van der Waals surface area contributed by atoms with Crippen LogP contribution in [0.25, 0.3) is 84.3 Å². The molecule has 0 saturated heterocycles. The number of fused-ring (bicyclic) bond motifs is 5. The number of hydrogen-bond acceptors (Lipinski definition) is 5. The number of aromatic nitrogens is 4. The third-order valence-corrected chi connectivity index (χ3v) is 8.61. The first-order valence-electron chi connectivity index (χ1n) is 15.2. The van der Waals surface area contributed by atoms with Crippen LogP contribution in [0.3, 0.4) is 0 Å². The summed E-state index contributed by atoms with van der Waals surface area (Å²) in [6, 6.07) is 41.4. The van der Waals surface area contributed by atoms with Gasteiger partial charge in [-0.2, -0.15) is 0 Å². The Labute approximate surface area is 259 Å². The molecule has 0 fully saturated rings. The van der Waals surface area contributed by atoms with Crippen LogP contribution < -0.4 is 0 Å². The van der Waals surface area contributed by atoms with Gasteiger partial charge < -0.3 is 4.42 Å². The smallest absolute Gasteiger partial charge is 0.227 e. The molecule has 45 heavy (non-hydrogen) atoms. The molecule has 0 amide bonds. The molecule has 3 heterocycles. The number of rotatable bonds is 4. The number of allylic oxidation sites excluding steroid dienone is 1. The van der Waals surface area contributed by atoms with Crippen molar-refractivity contribution in [3.8, 4) is 45.3 Å². The molecule has 0 bridgehead atoms. The third kappa shape index (κ3) is 4.40. The maximum absolute atomic E-state index is 6.26. The van der Waals surface area contributed by atoms with Crippen LogP contribution in [0.2, 0.25) is 0 Å². The second-order valence-electron chi connectivity index (χ2n) is 11.4. The van der Waals surface area contributed by atoms with Crippen molar-refractivity contribution in [3.05, 3.63) is 139 Å². The summed E-state index contributed by atoms with van der Waals surface area (Å²) in [7, 11) is 0. The molecule has 8 aromatic rings. The lowest BCUT2D eigenvalue weighted by atomic mass is 9.90. The third-order valence-electron chi connectivity index (χ3n) is 8.61. The molecule has 5 nitrogen and oxygen atoms in total. The summed E-state index contributed by atoms with van der Waals surface area (Å²) in [5.41, 5.74) is 10.1. The van der Waals surface area contributed by atoms with Crippen LogP contribution in [0.5, 0.6) is 0 Å². The Morgan fingerprint density at radius 3 is 2.13 bits per heavy atom. The quantitative estimate of drug-likeness (QED) is 0.208. The molecule has 0 atom stereocenters. The van der Waals surface area contributed by atoms with Gasteiger partial charge in [-0.15, -0.1) is 0 Å². The van der Waals surface area contributed by atoms with E-state index in [0.29, 0.717) is 23.2 Å². The van der Waals surface area contributed by atoms with Crippen molar-refractivity contribution >= 4 is 39.0 Å². The first-order chi connectivity index (χ1) is 22.3. The first-order valence-corrected chi connectivity index (χ1v) is 15.2. The van der Waals surface area contributed by atoms with Crippen molar-refractivity contribution < 1.29 is 4.42 Å². The van der Waals surface area contributed by atoms with Gasteiger partial charge in [0.2, 0.25) is 5.71 Å². The predicted molar refractivity (Wildman–Crippen MR) is 182 cm³/mol. The lowest BCUT2D eigenvalue weighted by Crippen LogP contribution is -2.00. The van der Waals surface area contributed by atoms with E-state index in [1.54, 1.807) is 0 Å². The first kappa shape index (κ1) is 25.5. The summed E-state index contributed by atoms with van der Waals surface area (Å²) < 4.78 is 6.26. The average Bonchev–Trinajstić information content (AvgIpc) is 3.48. The van der Waals surface area contributed by atoms with Gasteiger partial charge in [-0.1, -0.05) is 115 Å². The molecule has 0 spiro atoms. The largest absolute Gasteiger partial charge is 0.438 e. The molecule has 0 radical (unpaired) electrons. The molecule has 5 aromatic carbocycles. The maximum Gasteiger partial charge on any atom is 0.227 e. The van der Waals surface area contributed by atoms with E-state index in [2.05, 4.69) is 72.8 Å². The minimum atomic E-state index is 0.589. The molecule has 1 aliphatic carbocycles. The maximum atomic E-state index is 6.26. The molecule has 0 saturated carbocycles. The van der Waals surface area contributed by atoms with Crippen LogP contribution in [0.4, 0.5) is 0 Å². The highest BCUT2D eigenvalue weighted by atomic mass is 16.3. The molecule has 5 heteroatoms. The standard InChI is InChI=1S/C40H26N4O/c1-2-11-27(12-3-1)37-42-38(28-22-20-26(21-23-28)31-16-8-14-25-10-4-6-15-30(25)31)44-39(43-37)32-17-9-19-35-36(32)33-24-29-13-5-7-18-34(29)41-40(33)45-35/h1-3,5-9,11-24H,4,10H2. The topological polar surface area (TPSA) is 64.7 Å². The second kappa shape index (κ2) is 10.4. The van der Waals surface area contributed by atoms with Crippen molar-refractivity contribution in [1.82, 2.24) is 19.9 Å². The Kier molecular flexibility index (Phi) is 5.88. The molecule has 9 rings (SSSR count). The molecule has 212 valence electrons. The Balaban J connectivity index is 1.22. The molecular formula is C40H26N4O. The van der Waals surface area contributed by atoms with E-state index in [1.165, 1.54) is 22.3 Å². The average molecular weight is 579 g/mol. The lowest BCUT2D eigenvalue weighted by molar-refractivity contribution is 0.656. The van der Waals surface area contributed by atoms with Crippen molar-refractivity contribution in [2.45, 2.75) is 12.8 Å². The highest BCUT2D eigenvalue weighted by Gasteiger charge is 2.19. The fourth-order valence-electron chi connectivity index (χ4n) is 6.40. The van der Waals surface area contributed by atoms with E-state index in [4.69, 9.17) is 24.4 Å². The summed E-state index contributed by atoms with van der Waals surface area (Å²) in [4.78, 5) is 19.9. The summed E-state index contributed by atoms with van der Waals surface area (Å²) in [5.74, 6) is 1.83.